The van der Waals surface area contributed by atoms with Gasteiger partial charge in [-0.05, 0) is 148 Å². The molecule has 2 spiro atoms. The van der Waals surface area contributed by atoms with Gasteiger partial charge < -0.3 is 49.2 Å². The molecule has 10 aliphatic rings. The zero-order valence-corrected chi connectivity index (χ0v) is 57.5. The minimum absolute atomic E-state index is 0.0394. The van der Waals surface area contributed by atoms with Gasteiger partial charge in [-0.25, -0.2) is 0 Å². The Labute approximate surface area is 556 Å². The first-order valence-electron chi connectivity index (χ1n) is 36.4. The van der Waals surface area contributed by atoms with E-state index in [0.717, 1.165) is 56.4 Å². The number of unbranched alkanes of at least 4 members (excludes halogenated alkanes) is 24. The average Bonchev–Trinajstić information content (AvgIpc) is 1.59. The Kier molecular flexibility index (Phi) is 24.3. The number of hydrogen-bond donors (Lipinski definition) is 5. The number of ketones is 2. The molecule has 6 aliphatic carbocycles. The van der Waals surface area contributed by atoms with Gasteiger partial charge in [-0.2, -0.15) is 0 Å². The number of carbonyl (C=O) groups is 4. The molecule has 4 saturated carbocycles. The van der Waals surface area contributed by atoms with Crippen molar-refractivity contribution < 1.29 is 68.4 Å². The molecule has 2 aromatic carbocycles. The van der Waals surface area contributed by atoms with Crippen LogP contribution in [0.4, 0.5) is 0 Å². The van der Waals surface area contributed by atoms with Crippen molar-refractivity contribution in [1.82, 2.24) is 9.80 Å². The van der Waals surface area contributed by atoms with Crippen LogP contribution in [0.5, 0.6) is 23.0 Å². The molecular weight excluding hydrogens is 1270 g/mol. The topological polar surface area (TPSA) is 222 Å². The lowest BCUT2D eigenvalue weighted by atomic mass is 9.47. The number of hydrogen-bond acceptors (Lipinski definition) is 16. The molecule has 2 aromatic rings. The molecule has 2 unspecified atom stereocenters. The van der Waals surface area contributed by atoms with E-state index < -0.39 is 33.6 Å². The number of phenols is 1. The van der Waals surface area contributed by atoms with E-state index in [0.29, 0.717) is 97.0 Å². The number of likely N-dealkylation sites (tertiary alicyclic amines) is 2. The fourth-order valence-electron chi connectivity index (χ4n) is 17.7. The maximum Gasteiger partial charge on any atom is 0.308 e. The second kappa shape index (κ2) is 31.5. The van der Waals surface area contributed by atoms with Gasteiger partial charge in [0, 0.05) is 62.0 Å². The third-order valence-corrected chi connectivity index (χ3v) is 23.3. The first-order chi connectivity index (χ1) is 44.1. The summed E-state index contributed by atoms with van der Waals surface area (Å²) in [5.74, 6) is -3.20. The molecule has 0 amide bonds. The van der Waals surface area contributed by atoms with Crippen LogP contribution in [-0.2, 0) is 52.3 Å². The summed E-state index contributed by atoms with van der Waals surface area (Å²) < 4.78 is 28.6. The van der Waals surface area contributed by atoms with E-state index in [1.165, 1.54) is 167 Å². The number of phenolic OH excluding ortho intramolecular Hbond substituents is 1. The third kappa shape index (κ3) is 14.6. The summed E-state index contributed by atoms with van der Waals surface area (Å²) in [5, 5.41) is 58.1. The maximum absolute atomic E-state index is 13.3. The molecule has 16 nitrogen and oxygen atoms in total. The van der Waals surface area contributed by atoms with Gasteiger partial charge in [0.2, 0.25) is 18.4 Å². The number of aliphatic hydroxyl groups is 4. The van der Waals surface area contributed by atoms with E-state index in [4.69, 9.17) is 23.7 Å². The first-order valence-corrected chi connectivity index (χ1v) is 37.9. The monoisotopic (exact) mass is 1380 g/mol. The Balaban J connectivity index is 0.000000166. The fraction of sp³-hybridized carbons (Fsp3) is 0.784. The second-order valence-corrected chi connectivity index (χ2v) is 29.7. The summed E-state index contributed by atoms with van der Waals surface area (Å²) in [6.45, 7) is 7.59. The number of esters is 2. The van der Waals surface area contributed by atoms with Gasteiger partial charge in [0.15, 0.2) is 23.0 Å². The molecule has 8 atom stereocenters. The van der Waals surface area contributed by atoms with Gasteiger partial charge in [0.25, 0.3) is 11.6 Å². The number of rotatable bonds is 36. The molecule has 6 fully saturated rings. The van der Waals surface area contributed by atoms with Crippen LogP contribution in [0.2, 0.25) is 0 Å². The highest BCUT2D eigenvalue weighted by atomic mass is 127. The lowest BCUT2D eigenvalue weighted by molar-refractivity contribution is -0.267. The normalized spacial score (nSPS) is 29.4. The number of piperidine rings is 2. The Morgan fingerprint density at radius 1 is 0.527 bits per heavy atom. The van der Waals surface area contributed by atoms with Crippen LogP contribution in [-0.4, -0.2) is 131 Å². The molecule has 4 heterocycles. The molecule has 91 heavy (non-hydrogen) atoms. The van der Waals surface area contributed by atoms with Gasteiger partial charge >= 0.3 is 11.9 Å². The number of Topliss-reactive ketones (excluding diaryl/α,β-unsaturated/α-hetero) is 2. The standard InChI is InChI=1S/C37H55NO7.C20H23NO5.C17H33IO2/c1-2-3-4-5-6-7-8-9-10-11-12-13-14-15-32(40)44-26-43-29-19-18-28-24-30-36(41)21-20-31(39)37(42)35(36,33(28)34(29)45-37)22-23-38(30)25-27-16-17-27;22-13-4-3-12-9-14-19(24)6-5-15(23)20(25)18(19,16(12)17(13)26-20)7-8-21(14)10-11-1-2-11;1-2-3-4-5-6-7-8-9-10-11-12-13-14-15-17(19)20-16-18/h18-19,27,30,41-42H,2-17,20-26H2,1H3;3-4,11,14,22,24-25H,1-2,5-10H2;2-16H2,1H3/t30?,35-,36-,37+;14?,18-,19-,20+;/m11./s1. The number of carbonyl (C=O) groups excluding carboxylic acids is 4. The molecule has 508 valence electrons. The summed E-state index contributed by atoms with van der Waals surface area (Å²) in [5.41, 5.74) is -1.59. The van der Waals surface area contributed by atoms with E-state index in [-0.39, 0.29) is 66.7 Å². The van der Waals surface area contributed by atoms with Crippen molar-refractivity contribution in [1.29, 1.82) is 0 Å². The minimum Gasteiger partial charge on any atom is -0.504 e. The highest BCUT2D eigenvalue weighted by Crippen LogP contribution is 2.70. The number of benzene rings is 2. The Hall–Kier alpha value is -3.59. The van der Waals surface area contributed by atoms with E-state index in [1.54, 1.807) is 12.1 Å². The predicted molar refractivity (Wildman–Crippen MR) is 357 cm³/mol. The summed E-state index contributed by atoms with van der Waals surface area (Å²) >= 11 is 2.06. The van der Waals surface area contributed by atoms with Gasteiger partial charge in [0.05, 0.1) is 11.2 Å². The smallest absolute Gasteiger partial charge is 0.308 e. The van der Waals surface area contributed by atoms with Gasteiger partial charge in [-0.1, -0.05) is 180 Å². The highest BCUT2D eigenvalue weighted by Gasteiger charge is 2.81. The largest absolute Gasteiger partial charge is 0.504 e. The van der Waals surface area contributed by atoms with Crippen molar-refractivity contribution in [3.8, 4) is 23.0 Å². The first kappa shape index (κ1) is 70.2. The lowest BCUT2D eigenvalue weighted by Crippen LogP contribution is -2.80. The maximum atomic E-state index is 13.3. The van der Waals surface area contributed by atoms with Crippen LogP contribution < -0.4 is 14.2 Å². The zero-order chi connectivity index (χ0) is 64.3. The molecule has 12 rings (SSSR count). The summed E-state index contributed by atoms with van der Waals surface area (Å²) in [6, 6.07) is 6.86. The Morgan fingerprint density at radius 2 is 0.912 bits per heavy atom. The second-order valence-electron chi connectivity index (χ2n) is 29.1. The molecule has 0 radical (unpaired) electrons. The summed E-state index contributed by atoms with van der Waals surface area (Å²) in [7, 11) is 0. The summed E-state index contributed by atoms with van der Waals surface area (Å²) in [6.07, 6.45) is 42.6. The van der Waals surface area contributed by atoms with E-state index in [2.05, 4.69) is 46.2 Å². The van der Waals surface area contributed by atoms with E-state index >= 15 is 0 Å². The number of alkyl halides is 1. The van der Waals surface area contributed by atoms with Crippen LogP contribution in [0.15, 0.2) is 24.3 Å². The third-order valence-electron chi connectivity index (χ3n) is 23.0. The Morgan fingerprint density at radius 3 is 1.33 bits per heavy atom. The molecule has 0 aromatic heterocycles. The van der Waals surface area contributed by atoms with Gasteiger partial charge in [-0.3, -0.25) is 29.0 Å². The van der Waals surface area contributed by atoms with Crippen LogP contribution in [0, 0.1) is 11.8 Å². The number of nitrogens with zero attached hydrogens (tertiary/aromatic N) is 2. The lowest BCUT2D eigenvalue weighted by Gasteiger charge is -2.64. The average molecular weight is 1380 g/mol. The number of aromatic hydroxyl groups is 1. The van der Waals surface area contributed by atoms with E-state index in [9.17, 15) is 44.7 Å². The molecule has 2 saturated heterocycles. The SMILES string of the molecule is CCCCCCCCCCCCCCCC(=O)OCI.CCCCCCCCCCCCCCCC(=O)OCOc1ccc2c3c1O[C@@]1(O)C(=O)CC[C@@]4(O)C(C2)N(CC2CC2)CC[C@]314.O=C1CC[C@@]2(O)C3Cc4ccc(O)c5c4[C@@]2(CCN3CC2CC2)[C@@]1(O)O5. The molecular formula is C74H111IN2O14. The number of halogens is 1. The van der Waals surface area contributed by atoms with Crippen molar-refractivity contribution in [3.63, 3.8) is 0 Å². The predicted octanol–water partition coefficient (Wildman–Crippen LogP) is 13.7. The molecule has 17 heteroatoms. The van der Waals surface area contributed by atoms with Crippen LogP contribution in [0.25, 0.3) is 0 Å². The van der Waals surface area contributed by atoms with Crippen LogP contribution in [0.3, 0.4) is 0 Å². The van der Waals surface area contributed by atoms with Crippen molar-refractivity contribution in [3.05, 3.63) is 46.5 Å². The molecule has 4 bridgehead atoms. The molecule has 5 N–H and O–H groups in total. The number of ether oxygens (including phenoxy) is 5. The van der Waals surface area contributed by atoms with Crippen molar-refractivity contribution in [2.75, 3.05) is 37.6 Å². The van der Waals surface area contributed by atoms with Crippen molar-refractivity contribution in [2.24, 2.45) is 11.8 Å². The van der Waals surface area contributed by atoms with Crippen molar-refractivity contribution in [2.45, 2.75) is 316 Å². The quantitative estimate of drug-likeness (QED) is 0.0141. The van der Waals surface area contributed by atoms with Crippen LogP contribution >= 0.6 is 22.6 Å². The Bertz CT molecular complexity index is 2790. The van der Waals surface area contributed by atoms with Gasteiger partial charge in [0.1, 0.15) is 15.4 Å². The van der Waals surface area contributed by atoms with Crippen molar-refractivity contribution >= 4 is 46.1 Å². The zero-order valence-electron chi connectivity index (χ0n) is 55.3. The highest BCUT2D eigenvalue weighted by molar-refractivity contribution is 14.1. The van der Waals surface area contributed by atoms with Crippen LogP contribution in [0.1, 0.15) is 280 Å². The van der Waals surface area contributed by atoms with Gasteiger partial charge in [-0.15, -0.1) is 0 Å². The van der Waals surface area contributed by atoms with E-state index in [1.807, 2.05) is 12.1 Å². The minimum atomic E-state index is -2.13. The fourth-order valence-corrected chi connectivity index (χ4v) is 18.1. The molecule has 4 aliphatic heterocycles. The summed E-state index contributed by atoms with van der Waals surface area (Å²) in [4.78, 5) is 54.4.